The normalized spacial score (nSPS) is 12.2. The van der Waals surface area contributed by atoms with Crippen LogP contribution in [-0.2, 0) is 11.3 Å². The summed E-state index contributed by atoms with van der Waals surface area (Å²) in [6.07, 6.45) is 1.92. The van der Waals surface area contributed by atoms with Crippen molar-refractivity contribution in [3.8, 4) is 0 Å². The topological polar surface area (TPSA) is 56.3 Å². The van der Waals surface area contributed by atoms with Crippen molar-refractivity contribution >= 4 is 28.5 Å². The maximum Gasteiger partial charge on any atom is 0.317 e. The highest BCUT2D eigenvalue weighted by Crippen LogP contribution is 2.25. The number of aromatic amines is 1. The van der Waals surface area contributed by atoms with Crippen molar-refractivity contribution in [1.82, 2.24) is 9.88 Å². The van der Waals surface area contributed by atoms with Gasteiger partial charge in [-0.1, -0.05) is 17.7 Å². The Kier molecular flexibility index (Phi) is 4.06. The van der Waals surface area contributed by atoms with Gasteiger partial charge in [-0.25, -0.2) is 0 Å². The van der Waals surface area contributed by atoms with Gasteiger partial charge in [-0.3, -0.25) is 9.69 Å². The third-order valence-corrected chi connectivity index (χ3v) is 3.60. The summed E-state index contributed by atoms with van der Waals surface area (Å²) in [7, 11) is 0. The summed E-state index contributed by atoms with van der Waals surface area (Å²) in [5.74, 6) is -0.817. The van der Waals surface area contributed by atoms with E-state index < -0.39 is 5.97 Å². The minimum atomic E-state index is -0.817. The molecule has 0 bridgehead atoms. The lowest BCUT2D eigenvalue weighted by Crippen LogP contribution is -2.43. The molecular formula is C15H19ClN2O2. The number of carbonyl (C=O) groups is 1. The Morgan fingerprint density at radius 1 is 1.40 bits per heavy atom. The van der Waals surface area contributed by atoms with Crippen molar-refractivity contribution < 1.29 is 9.90 Å². The van der Waals surface area contributed by atoms with Crippen LogP contribution in [0.2, 0.25) is 5.02 Å². The molecule has 1 aromatic carbocycles. The van der Waals surface area contributed by atoms with Gasteiger partial charge in [-0.05, 0) is 38.5 Å². The number of aromatic nitrogens is 1. The number of nitrogens with zero attached hydrogens (tertiary/aromatic N) is 1. The van der Waals surface area contributed by atoms with Crippen LogP contribution in [-0.4, -0.2) is 33.0 Å². The predicted molar refractivity (Wildman–Crippen MR) is 81.1 cm³/mol. The van der Waals surface area contributed by atoms with Crippen molar-refractivity contribution in [2.75, 3.05) is 6.54 Å². The maximum absolute atomic E-state index is 11.0. The van der Waals surface area contributed by atoms with Gasteiger partial charge in [0.2, 0.25) is 0 Å². The second-order valence-corrected chi connectivity index (χ2v) is 6.36. The first kappa shape index (κ1) is 14.9. The van der Waals surface area contributed by atoms with E-state index in [9.17, 15) is 4.79 Å². The fourth-order valence-electron chi connectivity index (χ4n) is 2.19. The van der Waals surface area contributed by atoms with Crippen LogP contribution in [0.4, 0.5) is 0 Å². The van der Waals surface area contributed by atoms with E-state index in [2.05, 4.69) is 4.98 Å². The standard InChI is InChI=1S/C15H19ClN2O2/c1-15(2,3)18(9-14(19)20)8-10-7-17-13-6-11(16)4-5-12(10)13/h4-7,17H,8-9H2,1-3H3,(H,19,20). The van der Waals surface area contributed by atoms with E-state index in [0.29, 0.717) is 11.6 Å². The van der Waals surface area contributed by atoms with Crippen LogP contribution in [0.1, 0.15) is 26.3 Å². The van der Waals surface area contributed by atoms with E-state index in [0.717, 1.165) is 16.5 Å². The van der Waals surface area contributed by atoms with Gasteiger partial charge in [0.15, 0.2) is 0 Å². The number of benzene rings is 1. The molecule has 5 heteroatoms. The Hall–Kier alpha value is -1.52. The molecule has 0 radical (unpaired) electrons. The molecule has 0 aliphatic carbocycles. The van der Waals surface area contributed by atoms with Crippen LogP contribution in [0.5, 0.6) is 0 Å². The smallest absolute Gasteiger partial charge is 0.317 e. The van der Waals surface area contributed by atoms with E-state index in [1.807, 2.05) is 50.1 Å². The van der Waals surface area contributed by atoms with Crippen LogP contribution < -0.4 is 0 Å². The second kappa shape index (κ2) is 5.46. The fourth-order valence-corrected chi connectivity index (χ4v) is 2.36. The largest absolute Gasteiger partial charge is 0.480 e. The molecule has 0 fully saturated rings. The van der Waals surface area contributed by atoms with Crippen molar-refractivity contribution in [3.05, 3.63) is 35.0 Å². The molecule has 2 rings (SSSR count). The van der Waals surface area contributed by atoms with Crippen LogP contribution in [0.3, 0.4) is 0 Å². The summed E-state index contributed by atoms with van der Waals surface area (Å²) in [6.45, 7) is 6.64. The van der Waals surface area contributed by atoms with Gasteiger partial charge in [0.05, 0.1) is 6.54 Å². The van der Waals surface area contributed by atoms with E-state index in [4.69, 9.17) is 16.7 Å². The molecule has 0 aliphatic heterocycles. The van der Waals surface area contributed by atoms with Crippen molar-refractivity contribution in [1.29, 1.82) is 0 Å². The van der Waals surface area contributed by atoms with Crippen LogP contribution in [0.25, 0.3) is 10.9 Å². The van der Waals surface area contributed by atoms with Crippen LogP contribution in [0, 0.1) is 0 Å². The molecule has 2 aromatic rings. The summed E-state index contributed by atoms with van der Waals surface area (Å²) in [5, 5.41) is 10.8. The number of fused-ring (bicyclic) bond motifs is 1. The molecule has 2 N–H and O–H groups in total. The zero-order valence-electron chi connectivity index (χ0n) is 11.9. The highest BCUT2D eigenvalue weighted by Gasteiger charge is 2.24. The molecular weight excluding hydrogens is 276 g/mol. The summed E-state index contributed by atoms with van der Waals surface area (Å²) in [6, 6.07) is 5.68. The Labute approximate surface area is 123 Å². The number of carboxylic acid groups (broad SMARTS) is 1. The molecule has 20 heavy (non-hydrogen) atoms. The van der Waals surface area contributed by atoms with Gasteiger partial charge in [0, 0.05) is 34.2 Å². The molecule has 0 spiro atoms. The van der Waals surface area contributed by atoms with Gasteiger partial charge >= 0.3 is 5.97 Å². The highest BCUT2D eigenvalue weighted by molar-refractivity contribution is 6.31. The Morgan fingerprint density at radius 3 is 2.70 bits per heavy atom. The predicted octanol–water partition coefficient (Wildman–Crippen LogP) is 3.51. The first-order valence-electron chi connectivity index (χ1n) is 6.50. The van der Waals surface area contributed by atoms with Crippen molar-refractivity contribution in [2.24, 2.45) is 0 Å². The summed E-state index contributed by atoms with van der Waals surface area (Å²) in [4.78, 5) is 16.1. The average molecular weight is 295 g/mol. The molecule has 0 saturated carbocycles. The van der Waals surface area contributed by atoms with E-state index >= 15 is 0 Å². The van der Waals surface area contributed by atoms with Gasteiger partial charge in [-0.15, -0.1) is 0 Å². The number of carboxylic acids is 1. The number of H-pyrrole nitrogens is 1. The molecule has 0 aliphatic rings. The summed E-state index contributed by atoms with van der Waals surface area (Å²) in [5.41, 5.74) is 1.83. The zero-order valence-corrected chi connectivity index (χ0v) is 12.7. The number of hydrogen-bond acceptors (Lipinski definition) is 2. The molecule has 108 valence electrons. The van der Waals surface area contributed by atoms with Gasteiger partial charge in [0.25, 0.3) is 0 Å². The van der Waals surface area contributed by atoms with Crippen LogP contribution in [0.15, 0.2) is 24.4 Å². The molecule has 0 atom stereocenters. The summed E-state index contributed by atoms with van der Waals surface area (Å²) >= 11 is 5.97. The van der Waals surface area contributed by atoms with Gasteiger partial charge < -0.3 is 10.1 Å². The minimum absolute atomic E-state index is 0.0176. The highest BCUT2D eigenvalue weighted by atomic mass is 35.5. The molecule has 0 unspecified atom stereocenters. The quantitative estimate of drug-likeness (QED) is 0.907. The number of rotatable bonds is 4. The number of halogens is 1. The van der Waals surface area contributed by atoms with Crippen LogP contribution >= 0.6 is 11.6 Å². The number of hydrogen-bond donors (Lipinski definition) is 2. The van der Waals surface area contributed by atoms with E-state index in [-0.39, 0.29) is 12.1 Å². The monoisotopic (exact) mass is 294 g/mol. The van der Waals surface area contributed by atoms with Gasteiger partial charge in [0.1, 0.15) is 0 Å². The average Bonchev–Trinajstić information content (AvgIpc) is 2.69. The Morgan fingerprint density at radius 2 is 2.10 bits per heavy atom. The third kappa shape index (κ3) is 3.32. The number of nitrogens with one attached hydrogen (secondary N) is 1. The lowest BCUT2D eigenvalue weighted by atomic mass is 10.0. The SMILES string of the molecule is CC(C)(C)N(CC(=O)O)Cc1c[nH]c2cc(Cl)ccc12. The molecule has 0 amide bonds. The van der Waals surface area contributed by atoms with E-state index in [1.165, 1.54) is 0 Å². The lowest BCUT2D eigenvalue weighted by Gasteiger charge is -2.34. The maximum atomic E-state index is 11.0. The van der Waals surface area contributed by atoms with E-state index in [1.54, 1.807) is 0 Å². The van der Waals surface area contributed by atoms with Gasteiger partial charge in [-0.2, -0.15) is 0 Å². The fraction of sp³-hybridized carbons (Fsp3) is 0.400. The third-order valence-electron chi connectivity index (χ3n) is 3.37. The number of aliphatic carboxylic acids is 1. The van der Waals surface area contributed by atoms with Crippen molar-refractivity contribution in [2.45, 2.75) is 32.9 Å². The van der Waals surface area contributed by atoms with Crippen molar-refractivity contribution in [3.63, 3.8) is 0 Å². The second-order valence-electron chi connectivity index (χ2n) is 5.92. The summed E-state index contributed by atoms with van der Waals surface area (Å²) < 4.78 is 0. The zero-order chi connectivity index (χ0) is 14.9. The molecule has 0 saturated heterocycles. The Balaban J connectivity index is 2.31. The first-order chi connectivity index (χ1) is 9.27. The first-order valence-corrected chi connectivity index (χ1v) is 6.87. The minimum Gasteiger partial charge on any atom is -0.480 e. The lowest BCUT2D eigenvalue weighted by molar-refractivity contribution is -0.139. The molecule has 1 aromatic heterocycles. The molecule has 4 nitrogen and oxygen atoms in total. The molecule has 1 heterocycles. The Bertz CT molecular complexity index is 628.